The van der Waals surface area contributed by atoms with Crippen molar-refractivity contribution >= 4 is 80.8 Å². The molecule has 0 aliphatic rings. The van der Waals surface area contributed by atoms with Crippen molar-refractivity contribution in [3.8, 4) is 11.5 Å². The van der Waals surface area contributed by atoms with E-state index in [1.807, 2.05) is 62.4 Å². The van der Waals surface area contributed by atoms with Crippen molar-refractivity contribution in [2.45, 2.75) is 20.8 Å². The van der Waals surface area contributed by atoms with Gasteiger partial charge in [0, 0.05) is 18.3 Å². The predicted molar refractivity (Wildman–Crippen MR) is 124 cm³/mol. The van der Waals surface area contributed by atoms with E-state index in [0.29, 0.717) is 18.3 Å². The molecule has 0 spiro atoms. The molecule has 0 saturated carbocycles. The van der Waals surface area contributed by atoms with Crippen molar-refractivity contribution in [2.24, 2.45) is 0 Å². The molecular formula is C19H28Mg2N2O4S. The summed E-state index contributed by atoms with van der Waals surface area (Å²) in [5.74, 6) is 0.858. The molecule has 28 heavy (non-hydrogen) atoms. The average molecular weight is 429 g/mol. The van der Waals surface area contributed by atoms with Crippen LogP contribution in [0.25, 0.3) is 0 Å². The van der Waals surface area contributed by atoms with E-state index in [9.17, 15) is 0 Å². The summed E-state index contributed by atoms with van der Waals surface area (Å²) in [5.41, 5.74) is 1.82. The molecule has 0 saturated heterocycles. The minimum atomic E-state index is -0.833. The largest absolute Gasteiger partial charge is 2.00 e. The van der Waals surface area contributed by atoms with Crippen molar-refractivity contribution in [1.82, 2.24) is 0 Å². The fourth-order valence-corrected chi connectivity index (χ4v) is 2.13. The Morgan fingerprint density at radius 1 is 0.893 bits per heavy atom. The van der Waals surface area contributed by atoms with Crippen LogP contribution in [0, 0.1) is 0 Å². The first kappa shape index (κ1) is 28.9. The zero-order valence-electron chi connectivity index (χ0n) is 20.5. The molecule has 2 rings (SSSR count). The molecular weight excluding hydrogens is 401 g/mol. The van der Waals surface area contributed by atoms with Gasteiger partial charge in [0.1, 0.15) is 11.5 Å². The van der Waals surface area contributed by atoms with E-state index >= 15 is 0 Å². The standard InChI is InChI=1S/C17H20N2O2S.C2H4O2.2Mg.4H/c1-3-20-15-9-5-13(6-10-15)18-17(22)19-14-7-11-16(12-8-14)21-4-2;1-2(3)4;;;;;;/h5-12H,3-4H2,1-2H3,(H2,18,19,22);1H3,(H,3,4);;;;;;/q;;2*+2;4*-1. The van der Waals surface area contributed by atoms with E-state index in [-0.39, 0.29) is 51.8 Å². The van der Waals surface area contributed by atoms with E-state index in [1.165, 1.54) is 0 Å². The van der Waals surface area contributed by atoms with Crippen LogP contribution in [0.15, 0.2) is 48.5 Å². The van der Waals surface area contributed by atoms with Gasteiger partial charge < -0.3 is 30.9 Å². The number of carboxylic acid groups (broad SMARTS) is 1. The summed E-state index contributed by atoms with van der Waals surface area (Å²) in [6, 6.07) is 15.3. The molecule has 0 bridgehead atoms. The van der Waals surface area contributed by atoms with E-state index in [0.717, 1.165) is 29.8 Å². The van der Waals surface area contributed by atoms with Crippen LogP contribution >= 0.6 is 12.2 Å². The Morgan fingerprint density at radius 2 is 1.18 bits per heavy atom. The van der Waals surface area contributed by atoms with Crippen LogP contribution in [0.4, 0.5) is 11.4 Å². The minimum Gasteiger partial charge on any atom is -1.00 e. The van der Waals surface area contributed by atoms with Crippen LogP contribution in [0.2, 0.25) is 0 Å². The summed E-state index contributed by atoms with van der Waals surface area (Å²) < 4.78 is 10.8. The number of hydrogen-bond donors (Lipinski definition) is 3. The number of carboxylic acids is 1. The SMILES string of the molecule is CC(=O)O.CCOc1ccc(NC(=S)Nc2ccc(OCC)cc2)cc1.[H-].[H-].[H-].[H-].[Mg+2].[Mg+2]. The zero-order valence-corrected chi connectivity index (χ0v) is 20.2. The molecule has 0 aliphatic carbocycles. The van der Waals surface area contributed by atoms with Crippen LogP contribution in [-0.4, -0.2) is 75.5 Å². The predicted octanol–water partition coefficient (Wildman–Crippen LogP) is 4.07. The van der Waals surface area contributed by atoms with Crippen molar-refractivity contribution in [3.05, 3.63) is 48.5 Å². The Balaban J connectivity index is -0.000000156. The van der Waals surface area contributed by atoms with Gasteiger partial charge in [-0.05, 0) is 74.6 Å². The number of thiocarbonyl (C=S) groups is 1. The fraction of sp³-hybridized carbons (Fsp3) is 0.263. The third kappa shape index (κ3) is 13.0. The maximum Gasteiger partial charge on any atom is 2.00 e. The van der Waals surface area contributed by atoms with Gasteiger partial charge in [-0.1, -0.05) is 0 Å². The number of nitrogens with one attached hydrogen (secondary N) is 2. The number of rotatable bonds is 6. The van der Waals surface area contributed by atoms with Gasteiger partial charge in [0.05, 0.1) is 13.2 Å². The second-order valence-electron chi connectivity index (χ2n) is 5.01. The van der Waals surface area contributed by atoms with Gasteiger partial charge in [-0.2, -0.15) is 0 Å². The van der Waals surface area contributed by atoms with Crippen LogP contribution in [0.5, 0.6) is 11.5 Å². The smallest absolute Gasteiger partial charge is 1.00 e. The summed E-state index contributed by atoms with van der Waals surface area (Å²) in [6.07, 6.45) is 0. The third-order valence-electron chi connectivity index (χ3n) is 2.85. The summed E-state index contributed by atoms with van der Waals surface area (Å²) in [5, 5.41) is 14.2. The first-order chi connectivity index (χ1) is 12.4. The van der Waals surface area contributed by atoms with Gasteiger partial charge in [0.2, 0.25) is 0 Å². The molecule has 0 amide bonds. The second-order valence-corrected chi connectivity index (χ2v) is 5.42. The van der Waals surface area contributed by atoms with E-state index < -0.39 is 5.97 Å². The Hall–Kier alpha value is -1.27. The van der Waals surface area contributed by atoms with Crippen molar-refractivity contribution in [3.63, 3.8) is 0 Å². The Kier molecular flexibility index (Phi) is 17.2. The minimum absolute atomic E-state index is 0. The number of aliphatic carboxylic acids is 1. The summed E-state index contributed by atoms with van der Waals surface area (Å²) in [4.78, 5) is 9.00. The summed E-state index contributed by atoms with van der Waals surface area (Å²) in [6.45, 7) is 6.32. The average Bonchev–Trinajstić information content (AvgIpc) is 2.58. The molecule has 2 aromatic carbocycles. The van der Waals surface area contributed by atoms with Crippen molar-refractivity contribution in [2.75, 3.05) is 23.8 Å². The Morgan fingerprint density at radius 3 is 1.43 bits per heavy atom. The first-order valence-corrected chi connectivity index (χ1v) is 8.58. The van der Waals surface area contributed by atoms with Gasteiger partial charge in [0.15, 0.2) is 5.11 Å². The zero-order chi connectivity index (χ0) is 19.4. The number of carbonyl (C=O) groups is 1. The van der Waals surface area contributed by atoms with Gasteiger partial charge in [0.25, 0.3) is 5.97 Å². The molecule has 148 valence electrons. The van der Waals surface area contributed by atoms with Crippen LogP contribution in [-0.2, 0) is 4.79 Å². The normalized spacial score (nSPS) is 8.68. The van der Waals surface area contributed by atoms with Gasteiger partial charge in [-0.3, -0.25) is 4.79 Å². The van der Waals surface area contributed by atoms with Gasteiger partial charge in [-0.25, -0.2) is 0 Å². The van der Waals surface area contributed by atoms with Crippen LogP contribution < -0.4 is 20.1 Å². The number of hydrogen-bond acceptors (Lipinski definition) is 4. The molecule has 0 fully saturated rings. The first-order valence-electron chi connectivity index (χ1n) is 8.17. The molecule has 6 nitrogen and oxygen atoms in total. The van der Waals surface area contributed by atoms with Crippen LogP contribution in [0.3, 0.4) is 0 Å². The molecule has 0 unspecified atom stereocenters. The molecule has 0 aliphatic heterocycles. The molecule has 0 heterocycles. The summed E-state index contributed by atoms with van der Waals surface area (Å²) in [7, 11) is 0. The topological polar surface area (TPSA) is 79.8 Å². The van der Waals surface area contributed by atoms with Gasteiger partial charge >= 0.3 is 46.1 Å². The van der Waals surface area contributed by atoms with E-state index in [1.54, 1.807) is 0 Å². The van der Waals surface area contributed by atoms with Crippen LogP contribution in [0.1, 0.15) is 26.5 Å². The number of anilines is 2. The van der Waals surface area contributed by atoms with Crippen molar-refractivity contribution in [1.29, 1.82) is 0 Å². The number of benzene rings is 2. The van der Waals surface area contributed by atoms with E-state index in [2.05, 4.69) is 10.6 Å². The molecule has 0 aromatic heterocycles. The third-order valence-corrected chi connectivity index (χ3v) is 3.05. The molecule has 2 aromatic rings. The quantitative estimate of drug-likeness (QED) is 0.472. The van der Waals surface area contributed by atoms with E-state index in [4.69, 9.17) is 31.6 Å². The summed E-state index contributed by atoms with van der Waals surface area (Å²) >= 11 is 5.30. The Bertz CT molecular complexity index is 658. The molecule has 0 radical (unpaired) electrons. The number of ether oxygens (including phenoxy) is 2. The maximum absolute atomic E-state index is 9.00. The Labute approximate surface area is 209 Å². The fourth-order valence-electron chi connectivity index (χ4n) is 1.90. The second kappa shape index (κ2) is 16.7. The monoisotopic (exact) mass is 428 g/mol. The molecule has 0 atom stereocenters. The van der Waals surface area contributed by atoms with Gasteiger partial charge in [-0.15, -0.1) is 0 Å². The maximum atomic E-state index is 9.00. The molecule has 9 heteroatoms. The van der Waals surface area contributed by atoms with Crippen molar-refractivity contribution < 1.29 is 25.1 Å². The molecule has 3 N–H and O–H groups in total.